The van der Waals surface area contributed by atoms with Gasteiger partial charge in [-0.05, 0) is 41.9 Å². The summed E-state index contributed by atoms with van der Waals surface area (Å²) in [6.45, 7) is 3.88. The van der Waals surface area contributed by atoms with Crippen molar-refractivity contribution >= 4 is 27.6 Å². The van der Waals surface area contributed by atoms with Gasteiger partial charge in [0.15, 0.2) is 0 Å². The Morgan fingerprint density at radius 1 is 1.45 bits per heavy atom. The minimum Gasteiger partial charge on any atom is -0.335 e. The number of pyridine rings is 1. The number of carbonyl (C=O) groups is 1. The lowest BCUT2D eigenvalue weighted by Crippen LogP contribution is -2.37. The zero-order valence-corrected chi connectivity index (χ0v) is 12.9. The van der Waals surface area contributed by atoms with Crippen molar-refractivity contribution in [3.8, 4) is 0 Å². The minimum atomic E-state index is -0.260. The number of aryl methyl sites for hydroxylation is 1. The van der Waals surface area contributed by atoms with Gasteiger partial charge in [0.25, 0.3) is 0 Å². The Balaban J connectivity index is 1.84. The van der Waals surface area contributed by atoms with E-state index in [1.807, 2.05) is 19.9 Å². The van der Waals surface area contributed by atoms with Crippen LogP contribution in [0.15, 0.2) is 29.0 Å². The number of carbonyl (C=O) groups excluding carboxylic acids is 1. The molecule has 0 aromatic carbocycles. The minimum absolute atomic E-state index is 0.0159. The van der Waals surface area contributed by atoms with E-state index in [2.05, 4.69) is 41.7 Å². The van der Waals surface area contributed by atoms with E-state index in [4.69, 9.17) is 0 Å². The number of H-pyrrole nitrogens is 1. The largest absolute Gasteiger partial charge is 0.335 e. The number of nitrogens with zero attached hydrogens (tertiary/aromatic N) is 2. The molecule has 7 heteroatoms. The van der Waals surface area contributed by atoms with Crippen LogP contribution in [-0.2, 0) is 6.42 Å². The maximum atomic E-state index is 11.8. The summed E-state index contributed by atoms with van der Waals surface area (Å²) in [5, 5.41) is 12.6. The van der Waals surface area contributed by atoms with E-state index >= 15 is 0 Å². The molecule has 0 aliphatic rings. The van der Waals surface area contributed by atoms with Crippen LogP contribution >= 0.6 is 15.9 Å². The van der Waals surface area contributed by atoms with Crippen molar-refractivity contribution in [1.82, 2.24) is 20.5 Å². The fourth-order valence-corrected chi connectivity index (χ4v) is 2.18. The number of nitrogens with one attached hydrogen (secondary N) is 3. The predicted molar refractivity (Wildman–Crippen MR) is 80.6 cm³/mol. The van der Waals surface area contributed by atoms with Crippen molar-refractivity contribution in [3.05, 3.63) is 40.4 Å². The van der Waals surface area contributed by atoms with E-state index in [9.17, 15) is 4.79 Å². The molecule has 1 atom stereocenters. The summed E-state index contributed by atoms with van der Waals surface area (Å²) in [4.78, 5) is 15.8. The summed E-state index contributed by atoms with van der Waals surface area (Å²) >= 11 is 3.30. The average Bonchev–Trinajstić information content (AvgIpc) is 2.74. The summed E-state index contributed by atoms with van der Waals surface area (Å²) in [5.41, 5.74) is 2.58. The second kappa shape index (κ2) is 6.51. The monoisotopic (exact) mass is 337 g/mol. The maximum Gasteiger partial charge on any atom is 0.319 e. The molecule has 0 fully saturated rings. The van der Waals surface area contributed by atoms with Crippen molar-refractivity contribution in [2.75, 3.05) is 5.32 Å². The first-order valence-corrected chi connectivity index (χ1v) is 7.01. The number of aromatic amines is 1. The smallest absolute Gasteiger partial charge is 0.319 e. The molecule has 0 unspecified atom stereocenters. The van der Waals surface area contributed by atoms with E-state index in [1.165, 1.54) is 0 Å². The molecule has 20 heavy (non-hydrogen) atoms. The molecule has 0 saturated carbocycles. The van der Waals surface area contributed by atoms with Gasteiger partial charge in [0.2, 0.25) is 0 Å². The Morgan fingerprint density at radius 2 is 2.25 bits per heavy atom. The Bertz CT molecular complexity index is 598. The highest BCUT2D eigenvalue weighted by atomic mass is 79.9. The van der Waals surface area contributed by atoms with E-state index < -0.39 is 0 Å². The Hall–Kier alpha value is -1.89. The van der Waals surface area contributed by atoms with Crippen molar-refractivity contribution in [3.63, 3.8) is 0 Å². The van der Waals surface area contributed by atoms with Crippen LogP contribution in [-0.4, -0.2) is 27.3 Å². The number of hydrogen-bond acceptors (Lipinski definition) is 3. The Labute approximate surface area is 125 Å². The van der Waals surface area contributed by atoms with Crippen molar-refractivity contribution in [2.24, 2.45) is 0 Å². The molecule has 2 amide bonds. The van der Waals surface area contributed by atoms with Crippen LogP contribution in [0.2, 0.25) is 0 Å². The van der Waals surface area contributed by atoms with E-state index in [-0.39, 0.29) is 12.1 Å². The Kier molecular flexibility index (Phi) is 4.73. The highest BCUT2D eigenvalue weighted by Gasteiger charge is 2.10. The van der Waals surface area contributed by atoms with Crippen LogP contribution in [0.3, 0.4) is 0 Å². The second-order valence-corrected chi connectivity index (χ2v) is 5.55. The molecule has 2 aromatic rings. The summed E-state index contributed by atoms with van der Waals surface area (Å²) in [7, 11) is 0. The number of rotatable bonds is 4. The molecule has 0 radical (unpaired) electrons. The van der Waals surface area contributed by atoms with Crippen LogP contribution in [0, 0.1) is 6.92 Å². The molecule has 0 aliphatic carbocycles. The number of amides is 2. The standard InChI is InChI=1S/C13H16BrN5O/c1-8(3-11-4-9(2)18-19-11)16-13(20)17-12-5-10(14)6-15-7-12/h4-8H,3H2,1-2H3,(H,18,19)(H2,16,17,20)/t8-/m0/s1. The highest BCUT2D eigenvalue weighted by molar-refractivity contribution is 9.10. The number of urea groups is 1. The molecule has 0 saturated heterocycles. The SMILES string of the molecule is Cc1cc(C[C@H](C)NC(=O)Nc2cncc(Br)c2)n[nH]1. The third-order valence-electron chi connectivity index (χ3n) is 2.61. The van der Waals surface area contributed by atoms with Gasteiger partial charge in [0.05, 0.1) is 17.6 Å². The molecule has 2 aromatic heterocycles. The van der Waals surface area contributed by atoms with Crippen LogP contribution in [0.25, 0.3) is 0 Å². The van der Waals surface area contributed by atoms with Gasteiger partial charge in [-0.15, -0.1) is 0 Å². The van der Waals surface area contributed by atoms with Crippen LogP contribution in [0.5, 0.6) is 0 Å². The predicted octanol–water partition coefficient (Wildman–Crippen LogP) is 2.63. The molecule has 2 rings (SSSR count). The molecule has 106 valence electrons. The summed E-state index contributed by atoms with van der Waals surface area (Å²) in [6.07, 6.45) is 3.92. The zero-order valence-electron chi connectivity index (χ0n) is 11.3. The van der Waals surface area contributed by atoms with E-state index in [1.54, 1.807) is 18.5 Å². The average molecular weight is 338 g/mol. The lowest BCUT2D eigenvalue weighted by molar-refractivity contribution is 0.249. The Morgan fingerprint density at radius 3 is 2.90 bits per heavy atom. The summed E-state index contributed by atoms with van der Waals surface area (Å²) < 4.78 is 0.815. The van der Waals surface area contributed by atoms with Gasteiger partial charge >= 0.3 is 6.03 Å². The second-order valence-electron chi connectivity index (χ2n) is 4.64. The van der Waals surface area contributed by atoms with Gasteiger partial charge in [-0.3, -0.25) is 10.1 Å². The first-order valence-electron chi connectivity index (χ1n) is 6.22. The van der Waals surface area contributed by atoms with Gasteiger partial charge in [0, 0.05) is 28.8 Å². The van der Waals surface area contributed by atoms with Crippen molar-refractivity contribution in [2.45, 2.75) is 26.3 Å². The van der Waals surface area contributed by atoms with Crippen LogP contribution < -0.4 is 10.6 Å². The van der Waals surface area contributed by atoms with Gasteiger partial charge in [-0.1, -0.05) is 0 Å². The topological polar surface area (TPSA) is 82.7 Å². The summed E-state index contributed by atoms with van der Waals surface area (Å²) in [5.74, 6) is 0. The third-order valence-corrected chi connectivity index (χ3v) is 3.05. The molecule has 3 N–H and O–H groups in total. The third kappa shape index (κ3) is 4.34. The molecule has 6 nitrogen and oxygen atoms in total. The first-order chi connectivity index (χ1) is 9.52. The fourth-order valence-electron chi connectivity index (χ4n) is 1.81. The summed E-state index contributed by atoms with van der Waals surface area (Å²) in [6, 6.07) is 3.48. The zero-order chi connectivity index (χ0) is 14.5. The molecule has 2 heterocycles. The highest BCUT2D eigenvalue weighted by Crippen LogP contribution is 2.13. The van der Waals surface area contributed by atoms with Gasteiger partial charge in [-0.2, -0.15) is 5.10 Å². The maximum absolute atomic E-state index is 11.8. The van der Waals surface area contributed by atoms with E-state index in [0.717, 1.165) is 15.9 Å². The van der Waals surface area contributed by atoms with Gasteiger partial charge in [-0.25, -0.2) is 4.79 Å². The lowest BCUT2D eigenvalue weighted by atomic mass is 10.2. The number of aromatic nitrogens is 3. The number of anilines is 1. The first kappa shape index (κ1) is 14.5. The van der Waals surface area contributed by atoms with Crippen LogP contribution in [0.1, 0.15) is 18.3 Å². The van der Waals surface area contributed by atoms with Gasteiger partial charge < -0.3 is 10.6 Å². The van der Waals surface area contributed by atoms with Crippen LogP contribution in [0.4, 0.5) is 10.5 Å². The van der Waals surface area contributed by atoms with Crippen molar-refractivity contribution in [1.29, 1.82) is 0 Å². The number of halogens is 1. The number of hydrogen-bond donors (Lipinski definition) is 3. The molecule has 0 bridgehead atoms. The molecule has 0 aliphatic heterocycles. The fraction of sp³-hybridized carbons (Fsp3) is 0.308. The van der Waals surface area contributed by atoms with Crippen molar-refractivity contribution < 1.29 is 4.79 Å². The quantitative estimate of drug-likeness (QED) is 0.801. The van der Waals surface area contributed by atoms with Gasteiger partial charge in [0.1, 0.15) is 0 Å². The molecule has 0 spiro atoms. The van der Waals surface area contributed by atoms with E-state index in [0.29, 0.717) is 12.1 Å². The normalized spacial score (nSPS) is 11.9. The lowest BCUT2D eigenvalue weighted by Gasteiger charge is -2.13. The molecular formula is C13H16BrN5O. The molecular weight excluding hydrogens is 322 g/mol.